The number of rotatable bonds is 9. The zero-order chi connectivity index (χ0) is 27.8. The minimum absolute atomic E-state index is 0.0139. The van der Waals surface area contributed by atoms with Gasteiger partial charge in [0.15, 0.2) is 0 Å². The van der Waals surface area contributed by atoms with Gasteiger partial charge in [-0.2, -0.15) is 0 Å². The van der Waals surface area contributed by atoms with Gasteiger partial charge < -0.3 is 0 Å². The Morgan fingerprint density at radius 1 is 0.846 bits per heavy atom. The van der Waals surface area contributed by atoms with Crippen molar-refractivity contribution in [3.8, 4) is 0 Å². The Morgan fingerprint density at radius 2 is 1.46 bits per heavy atom. The molecule has 0 radical (unpaired) electrons. The second-order valence-corrected chi connectivity index (χ2v) is 10.4. The molecule has 0 aromatic heterocycles. The van der Waals surface area contributed by atoms with Crippen LogP contribution in [-0.4, -0.2) is 19.2 Å². The number of nitrogens with one attached hydrogen (secondary N) is 1. The Labute approximate surface area is 227 Å². The average Bonchev–Trinajstić information content (AvgIpc) is 2.96. The molecule has 1 amide bonds. The zero-order valence-corrected chi connectivity index (χ0v) is 21.9. The highest BCUT2D eigenvalue weighted by molar-refractivity contribution is 7.90. The zero-order valence-electron chi connectivity index (χ0n) is 21.1. The maximum atomic E-state index is 12.5. The second-order valence-electron chi connectivity index (χ2n) is 8.68. The van der Waals surface area contributed by atoms with Crippen LogP contribution in [0.4, 0.5) is 5.69 Å². The van der Waals surface area contributed by atoms with Crippen LogP contribution in [0, 0.1) is 10.1 Å². The molecule has 0 bridgehead atoms. The van der Waals surface area contributed by atoms with E-state index >= 15 is 0 Å². The highest BCUT2D eigenvalue weighted by Crippen LogP contribution is 2.37. The first-order valence-corrected chi connectivity index (χ1v) is 13.6. The maximum absolute atomic E-state index is 12.5. The molecule has 0 aliphatic carbocycles. The number of carbonyl (C=O) groups is 1. The molecule has 1 N–H and O–H groups in total. The van der Waals surface area contributed by atoms with Crippen LogP contribution < -0.4 is 4.72 Å². The summed E-state index contributed by atoms with van der Waals surface area (Å²) in [6, 6.07) is 32.6. The third-order valence-corrected chi connectivity index (χ3v) is 7.48. The van der Waals surface area contributed by atoms with E-state index in [4.69, 9.17) is 0 Å². The summed E-state index contributed by atoms with van der Waals surface area (Å²) < 4.78 is 26.9. The fraction of sp³-hybridized carbons (Fsp3) is 0.0645. The lowest BCUT2D eigenvalue weighted by Gasteiger charge is -2.22. The third-order valence-electron chi connectivity index (χ3n) is 6.13. The second kappa shape index (κ2) is 12.1. The maximum Gasteiger partial charge on any atom is 0.270 e. The SMILES string of the molecule is CC=C(c1ccccc1)C(c1ccccc1)c1ccc(C=CC(=O)NS(=O)(=O)c2cccc([N+](=O)[O-])c2)cc1. The van der Waals surface area contributed by atoms with Crippen LogP contribution in [0.1, 0.15) is 35.1 Å². The lowest BCUT2D eigenvalue weighted by atomic mass is 9.81. The van der Waals surface area contributed by atoms with E-state index in [-0.39, 0.29) is 16.5 Å². The number of non-ortho nitro benzene ring substituents is 1. The molecule has 0 saturated heterocycles. The van der Waals surface area contributed by atoms with Gasteiger partial charge in [-0.1, -0.05) is 97.1 Å². The van der Waals surface area contributed by atoms with Gasteiger partial charge in [-0.25, -0.2) is 13.1 Å². The predicted octanol–water partition coefficient (Wildman–Crippen LogP) is 6.35. The van der Waals surface area contributed by atoms with E-state index in [1.54, 1.807) is 0 Å². The summed E-state index contributed by atoms with van der Waals surface area (Å²) in [7, 11) is -4.27. The van der Waals surface area contributed by atoms with Crippen LogP contribution in [0.2, 0.25) is 0 Å². The molecule has 4 aromatic carbocycles. The first-order valence-electron chi connectivity index (χ1n) is 12.1. The number of hydrogen-bond acceptors (Lipinski definition) is 5. The molecule has 4 rings (SSSR count). The van der Waals surface area contributed by atoms with E-state index in [2.05, 4.69) is 30.3 Å². The first kappa shape index (κ1) is 27.2. The van der Waals surface area contributed by atoms with E-state index in [1.807, 2.05) is 72.3 Å². The Balaban J connectivity index is 1.54. The highest BCUT2D eigenvalue weighted by Gasteiger charge is 2.21. The van der Waals surface area contributed by atoms with Crippen LogP contribution in [0.15, 0.2) is 126 Å². The monoisotopic (exact) mass is 538 g/mol. The normalized spacial score (nSPS) is 12.7. The molecule has 0 spiro atoms. The van der Waals surface area contributed by atoms with Gasteiger partial charge >= 0.3 is 0 Å². The summed E-state index contributed by atoms with van der Waals surface area (Å²) in [6.07, 6.45) is 4.74. The molecule has 196 valence electrons. The molecule has 1 unspecified atom stereocenters. The Bertz CT molecular complexity index is 1630. The summed E-state index contributed by atoms with van der Waals surface area (Å²) in [4.78, 5) is 22.2. The summed E-state index contributed by atoms with van der Waals surface area (Å²) >= 11 is 0. The van der Waals surface area contributed by atoms with Crippen molar-refractivity contribution in [2.45, 2.75) is 17.7 Å². The Kier molecular flexibility index (Phi) is 8.48. The van der Waals surface area contributed by atoms with E-state index in [9.17, 15) is 23.3 Å². The van der Waals surface area contributed by atoms with E-state index in [0.29, 0.717) is 5.56 Å². The van der Waals surface area contributed by atoms with E-state index in [0.717, 1.165) is 34.4 Å². The number of carbonyl (C=O) groups excluding carboxylic acids is 1. The van der Waals surface area contributed by atoms with Crippen molar-refractivity contribution < 1.29 is 18.1 Å². The van der Waals surface area contributed by atoms with Gasteiger partial charge in [-0.15, -0.1) is 0 Å². The Morgan fingerprint density at radius 3 is 2.08 bits per heavy atom. The van der Waals surface area contributed by atoms with Crippen LogP contribution in [0.25, 0.3) is 11.6 Å². The Hall–Kier alpha value is -4.82. The number of amides is 1. The van der Waals surface area contributed by atoms with Crippen LogP contribution in [-0.2, 0) is 14.8 Å². The molecule has 0 aliphatic rings. The molecule has 7 nitrogen and oxygen atoms in total. The van der Waals surface area contributed by atoms with Gasteiger partial charge in [-0.05, 0) is 46.9 Å². The summed E-state index contributed by atoms with van der Waals surface area (Å²) in [5.41, 5.74) is 4.81. The average molecular weight is 539 g/mol. The molecule has 39 heavy (non-hydrogen) atoms. The van der Waals surface area contributed by atoms with E-state index < -0.39 is 20.9 Å². The lowest BCUT2D eigenvalue weighted by Crippen LogP contribution is -2.29. The number of sulfonamides is 1. The first-order chi connectivity index (χ1) is 18.8. The highest BCUT2D eigenvalue weighted by atomic mass is 32.2. The van der Waals surface area contributed by atoms with E-state index in [1.165, 1.54) is 24.3 Å². The van der Waals surface area contributed by atoms with Crippen LogP contribution >= 0.6 is 0 Å². The quantitative estimate of drug-likeness (QED) is 0.152. The largest absolute Gasteiger partial charge is 0.270 e. The van der Waals surface area contributed by atoms with Crippen molar-refractivity contribution >= 4 is 33.3 Å². The standard InChI is InChI=1S/C31H26N2O5S/c1-2-29(24-10-5-3-6-11-24)31(25-12-7-4-8-13-25)26-19-16-23(17-20-26)18-21-30(34)32-39(37,38)28-15-9-14-27(22-28)33(35)36/h2-22,31H,1H3,(H,32,34). The van der Waals surface area contributed by atoms with Crippen molar-refractivity contribution in [1.29, 1.82) is 0 Å². The molecular weight excluding hydrogens is 512 g/mol. The molecule has 4 aromatic rings. The molecule has 0 aliphatic heterocycles. The van der Waals surface area contributed by atoms with Crippen molar-refractivity contribution in [1.82, 2.24) is 4.72 Å². The van der Waals surface area contributed by atoms with Gasteiger partial charge in [0.1, 0.15) is 0 Å². The molecule has 0 heterocycles. The smallest absolute Gasteiger partial charge is 0.269 e. The van der Waals surface area contributed by atoms with Crippen molar-refractivity contribution in [2.24, 2.45) is 0 Å². The number of nitro benzene ring substituents is 1. The molecule has 8 heteroatoms. The number of nitrogens with zero attached hydrogens (tertiary/aromatic N) is 1. The van der Waals surface area contributed by atoms with Gasteiger partial charge in [0.2, 0.25) is 0 Å². The molecule has 0 fully saturated rings. The lowest BCUT2D eigenvalue weighted by molar-refractivity contribution is -0.385. The number of allylic oxidation sites excluding steroid dienone is 2. The van der Waals surface area contributed by atoms with Crippen molar-refractivity contribution in [3.63, 3.8) is 0 Å². The fourth-order valence-corrected chi connectivity index (χ4v) is 5.27. The van der Waals surface area contributed by atoms with Crippen molar-refractivity contribution in [2.75, 3.05) is 0 Å². The van der Waals surface area contributed by atoms with Gasteiger partial charge in [0.25, 0.3) is 21.6 Å². The van der Waals surface area contributed by atoms with Crippen molar-refractivity contribution in [3.05, 3.63) is 154 Å². The topological polar surface area (TPSA) is 106 Å². The fourth-order valence-electron chi connectivity index (χ4n) is 4.29. The molecular formula is C31H26N2O5S. The molecule has 0 saturated carbocycles. The van der Waals surface area contributed by atoms with Crippen LogP contribution in [0.3, 0.4) is 0 Å². The van der Waals surface area contributed by atoms with Crippen LogP contribution in [0.5, 0.6) is 0 Å². The number of hydrogen-bond donors (Lipinski definition) is 1. The third kappa shape index (κ3) is 6.74. The summed E-state index contributed by atoms with van der Waals surface area (Å²) in [5.74, 6) is -0.881. The summed E-state index contributed by atoms with van der Waals surface area (Å²) in [6.45, 7) is 2.02. The summed E-state index contributed by atoms with van der Waals surface area (Å²) in [5, 5.41) is 10.9. The number of nitro groups is 1. The van der Waals surface area contributed by atoms with Gasteiger partial charge in [0.05, 0.1) is 9.82 Å². The predicted molar refractivity (Wildman–Crippen MR) is 152 cm³/mol. The van der Waals surface area contributed by atoms with Gasteiger partial charge in [0, 0.05) is 24.1 Å². The minimum Gasteiger partial charge on any atom is -0.269 e. The minimum atomic E-state index is -4.27. The number of benzene rings is 4. The van der Waals surface area contributed by atoms with Gasteiger partial charge in [-0.3, -0.25) is 14.9 Å². The molecule has 1 atom stereocenters.